The third kappa shape index (κ3) is 2.99. The van der Waals surface area contributed by atoms with Crippen molar-refractivity contribution in [1.29, 1.82) is 0 Å². The zero-order valence-corrected chi connectivity index (χ0v) is 10.7. The Balaban J connectivity index is 1.99. The predicted octanol–water partition coefficient (Wildman–Crippen LogP) is 4.10. The van der Waals surface area contributed by atoms with E-state index in [1.807, 2.05) is 12.1 Å². The smallest absolute Gasteiger partial charge is 0.0406 e. The van der Waals surface area contributed by atoms with Crippen LogP contribution in [0.15, 0.2) is 24.3 Å². The van der Waals surface area contributed by atoms with Crippen molar-refractivity contribution in [2.45, 2.75) is 45.2 Å². The van der Waals surface area contributed by atoms with E-state index >= 15 is 0 Å². The zero-order valence-electron chi connectivity index (χ0n) is 9.95. The standard InChI is InChI=1S/C14H20ClN/c1-2-14-5-3-4-10-16(14)11-12-6-8-13(15)9-7-12/h6-9,14H,2-5,10-11H2,1H3. The molecule has 0 radical (unpaired) electrons. The zero-order chi connectivity index (χ0) is 11.4. The van der Waals surface area contributed by atoms with Crippen molar-refractivity contribution in [2.24, 2.45) is 0 Å². The largest absolute Gasteiger partial charge is 0.296 e. The summed E-state index contributed by atoms with van der Waals surface area (Å²) in [6, 6.07) is 9.04. The van der Waals surface area contributed by atoms with Gasteiger partial charge in [-0.15, -0.1) is 0 Å². The summed E-state index contributed by atoms with van der Waals surface area (Å²) >= 11 is 5.90. The van der Waals surface area contributed by atoms with Gasteiger partial charge in [0.1, 0.15) is 0 Å². The van der Waals surface area contributed by atoms with Crippen molar-refractivity contribution >= 4 is 11.6 Å². The van der Waals surface area contributed by atoms with Gasteiger partial charge in [0.05, 0.1) is 0 Å². The van der Waals surface area contributed by atoms with Crippen molar-refractivity contribution in [2.75, 3.05) is 6.54 Å². The Morgan fingerprint density at radius 1 is 1.25 bits per heavy atom. The van der Waals surface area contributed by atoms with Crippen LogP contribution in [0.3, 0.4) is 0 Å². The fourth-order valence-corrected chi connectivity index (χ4v) is 2.68. The molecule has 1 fully saturated rings. The maximum Gasteiger partial charge on any atom is 0.0406 e. The van der Waals surface area contributed by atoms with Crippen molar-refractivity contribution in [1.82, 2.24) is 4.90 Å². The quantitative estimate of drug-likeness (QED) is 0.765. The molecule has 0 aliphatic carbocycles. The van der Waals surface area contributed by atoms with Crippen LogP contribution in [-0.4, -0.2) is 17.5 Å². The van der Waals surface area contributed by atoms with Gasteiger partial charge in [-0.05, 0) is 43.5 Å². The highest BCUT2D eigenvalue weighted by Gasteiger charge is 2.20. The van der Waals surface area contributed by atoms with Crippen LogP contribution in [0.1, 0.15) is 38.2 Å². The lowest BCUT2D eigenvalue weighted by molar-refractivity contribution is 0.136. The molecule has 1 aliphatic rings. The summed E-state index contributed by atoms with van der Waals surface area (Å²) in [6.45, 7) is 4.63. The van der Waals surface area contributed by atoms with Crippen LogP contribution in [0.5, 0.6) is 0 Å². The van der Waals surface area contributed by atoms with Gasteiger partial charge in [-0.25, -0.2) is 0 Å². The number of piperidine rings is 1. The summed E-state index contributed by atoms with van der Waals surface area (Å²) in [5, 5.41) is 0.828. The molecule has 1 aromatic carbocycles. The molecule has 1 unspecified atom stereocenters. The van der Waals surface area contributed by atoms with E-state index < -0.39 is 0 Å². The highest BCUT2D eigenvalue weighted by atomic mass is 35.5. The number of halogens is 1. The fraction of sp³-hybridized carbons (Fsp3) is 0.571. The van der Waals surface area contributed by atoms with E-state index in [0.717, 1.165) is 17.6 Å². The number of nitrogens with zero attached hydrogens (tertiary/aromatic N) is 1. The number of rotatable bonds is 3. The van der Waals surface area contributed by atoms with E-state index in [1.54, 1.807) is 0 Å². The Kier molecular flexibility index (Phi) is 4.25. The highest BCUT2D eigenvalue weighted by molar-refractivity contribution is 6.30. The summed E-state index contributed by atoms with van der Waals surface area (Å²) in [5.74, 6) is 0. The Bertz CT molecular complexity index is 320. The van der Waals surface area contributed by atoms with Crippen LogP contribution in [-0.2, 0) is 6.54 Å². The molecule has 1 saturated heterocycles. The van der Waals surface area contributed by atoms with Crippen LogP contribution < -0.4 is 0 Å². The third-order valence-corrected chi connectivity index (χ3v) is 3.77. The molecule has 2 rings (SSSR count). The summed E-state index contributed by atoms with van der Waals surface area (Å²) in [5.41, 5.74) is 1.38. The van der Waals surface area contributed by atoms with Crippen molar-refractivity contribution in [3.8, 4) is 0 Å². The lowest BCUT2D eigenvalue weighted by Crippen LogP contribution is -2.38. The third-order valence-electron chi connectivity index (χ3n) is 3.52. The SMILES string of the molecule is CCC1CCCCN1Cc1ccc(Cl)cc1. The van der Waals surface area contributed by atoms with E-state index in [9.17, 15) is 0 Å². The Morgan fingerprint density at radius 2 is 2.00 bits per heavy atom. The summed E-state index contributed by atoms with van der Waals surface area (Å²) < 4.78 is 0. The number of hydrogen-bond donors (Lipinski definition) is 0. The second-order valence-corrected chi connectivity index (χ2v) is 5.09. The first-order chi connectivity index (χ1) is 7.79. The molecule has 1 aliphatic heterocycles. The minimum Gasteiger partial charge on any atom is -0.296 e. The molecule has 1 nitrogen and oxygen atoms in total. The van der Waals surface area contributed by atoms with Crippen LogP contribution in [0.2, 0.25) is 5.02 Å². The second kappa shape index (κ2) is 5.70. The first-order valence-electron chi connectivity index (χ1n) is 6.28. The van der Waals surface area contributed by atoms with Crippen LogP contribution in [0.25, 0.3) is 0 Å². The first kappa shape index (κ1) is 11.9. The second-order valence-electron chi connectivity index (χ2n) is 4.65. The van der Waals surface area contributed by atoms with Gasteiger partial charge in [0.15, 0.2) is 0 Å². The molecule has 16 heavy (non-hydrogen) atoms. The molecular weight excluding hydrogens is 218 g/mol. The van der Waals surface area contributed by atoms with Gasteiger partial charge in [0.25, 0.3) is 0 Å². The Morgan fingerprint density at radius 3 is 2.69 bits per heavy atom. The monoisotopic (exact) mass is 237 g/mol. The van der Waals surface area contributed by atoms with Gasteiger partial charge < -0.3 is 0 Å². The maximum absolute atomic E-state index is 5.90. The van der Waals surface area contributed by atoms with Gasteiger partial charge >= 0.3 is 0 Å². The van der Waals surface area contributed by atoms with Gasteiger partial charge in [-0.3, -0.25) is 4.90 Å². The molecule has 1 aromatic rings. The maximum atomic E-state index is 5.90. The van der Waals surface area contributed by atoms with Crippen molar-refractivity contribution in [3.05, 3.63) is 34.9 Å². The lowest BCUT2D eigenvalue weighted by Gasteiger charge is -2.35. The van der Waals surface area contributed by atoms with Crippen molar-refractivity contribution < 1.29 is 0 Å². The van der Waals surface area contributed by atoms with Gasteiger partial charge in [0.2, 0.25) is 0 Å². The topological polar surface area (TPSA) is 3.24 Å². The Hall–Kier alpha value is -0.530. The average molecular weight is 238 g/mol. The number of hydrogen-bond acceptors (Lipinski definition) is 1. The van der Waals surface area contributed by atoms with Crippen LogP contribution in [0, 0.1) is 0 Å². The summed E-state index contributed by atoms with van der Waals surface area (Å²) in [4.78, 5) is 2.62. The lowest BCUT2D eigenvalue weighted by atomic mass is 9.99. The molecule has 88 valence electrons. The van der Waals surface area contributed by atoms with E-state index in [2.05, 4.69) is 24.0 Å². The van der Waals surface area contributed by atoms with Gasteiger partial charge in [-0.2, -0.15) is 0 Å². The van der Waals surface area contributed by atoms with Crippen LogP contribution >= 0.6 is 11.6 Å². The minimum atomic E-state index is 0.782. The minimum absolute atomic E-state index is 0.782. The van der Waals surface area contributed by atoms with Crippen molar-refractivity contribution in [3.63, 3.8) is 0 Å². The molecule has 0 saturated carbocycles. The van der Waals surface area contributed by atoms with Gasteiger partial charge in [0, 0.05) is 17.6 Å². The van der Waals surface area contributed by atoms with E-state index in [1.165, 1.54) is 37.8 Å². The van der Waals surface area contributed by atoms with E-state index in [4.69, 9.17) is 11.6 Å². The molecule has 1 atom stereocenters. The normalized spacial score (nSPS) is 22.2. The average Bonchev–Trinajstić information content (AvgIpc) is 2.33. The molecule has 1 heterocycles. The summed E-state index contributed by atoms with van der Waals surface area (Å²) in [6.07, 6.45) is 5.39. The number of benzene rings is 1. The molecule has 0 bridgehead atoms. The van der Waals surface area contributed by atoms with E-state index in [-0.39, 0.29) is 0 Å². The molecule has 0 spiro atoms. The number of likely N-dealkylation sites (tertiary alicyclic amines) is 1. The highest BCUT2D eigenvalue weighted by Crippen LogP contribution is 2.22. The predicted molar refractivity (Wildman–Crippen MR) is 69.8 cm³/mol. The molecule has 0 aromatic heterocycles. The van der Waals surface area contributed by atoms with E-state index in [0.29, 0.717) is 0 Å². The molecular formula is C14H20ClN. The summed E-state index contributed by atoms with van der Waals surface area (Å²) in [7, 11) is 0. The first-order valence-corrected chi connectivity index (χ1v) is 6.66. The van der Waals surface area contributed by atoms with Crippen LogP contribution in [0.4, 0.5) is 0 Å². The molecule has 0 amide bonds. The Labute approximate surface area is 103 Å². The molecule has 2 heteroatoms. The van der Waals surface area contributed by atoms with Gasteiger partial charge in [-0.1, -0.05) is 37.1 Å². The fourth-order valence-electron chi connectivity index (χ4n) is 2.55. The molecule has 0 N–H and O–H groups in total.